The molecular formula is C13H21N3O3S. The minimum absolute atomic E-state index is 0.250. The minimum atomic E-state index is -3.47. The molecule has 20 heavy (non-hydrogen) atoms. The average molecular weight is 299 g/mol. The standard InChI is InChI=1S/C13H21N3O3S/c1-9-12(10(2)15-14-9)20(18,19)16-7-3-11(4-8-16)13(17)5-6-13/h11,17H,3-8H2,1-2H3,(H,14,15). The third-order valence-electron chi connectivity index (χ3n) is 4.63. The van der Waals surface area contributed by atoms with E-state index >= 15 is 0 Å². The molecule has 0 bridgehead atoms. The lowest BCUT2D eigenvalue weighted by Gasteiger charge is -2.33. The summed E-state index contributed by atoms with van der Waals surface area (Å²) in [5, 5.41) is 16.8. The lowest BCUT2D eigenvalue weighted by atomic mass is 9.90. The Bertz CT molecular complexity index is 591. The van der Waals surface area contributed by atoms with Crippen molar-refractivity contribution in [3.8, 4) is 0 Å². The molecule has 1 saturated heterocycles. The summed E-state index contributed by atoms with van der Waals surface area (Å²) in [4.78, 5) is 0.307. The van der Waals surface area contributed by atoms with Crippen LogP contribution in [0.1, 0.15) is 37.1 Å². The molecule has 1 aliphatic carbocycles. The van der Waals surface area contributed by atoms with Crippen LogP contribution in [0.4, 0.5) is 0 Å². The first-order chi connectivity index (χ1) is 9.34. The number of rotatable bonds is 3. The Hall–Kier alpha value is -0.920. The zero-order valence-electron chi connectivity index (χ0n) is 11.9. The van der Waals surface area contributed by atoms with E-state index in [4.69, 9.17) is 0 Å². The highest BCUT2D eigenvalue weighted by atomic mass is 32.2. The monoisotopic (exact) mass is 299 g/mol. The van der Waals surface area contributed by atoms with Gasteiger partial charge in [0.25, 0.3) is 0 Å². The maximum atomic E-state index is 12.7. The third-order valence-corrected chi connectivity index (χ3v) is 6.80. The fourth-order valence-electron chi connectivity index (χ4n) is 3.22. The maximum absolute atomic E-state index is 12.7. The summed E-state index contributed by atoms with van der Waals surface area (Å²) in [6, 6.07) is 0. The molecule has 0 atom stereocenters. The first-order valence-corrected chi connectivity index (χ1v) is 8.53. The van der Waals surface area contributed by atoms with Crippen molar-refractivity contribution < 1.29 is 13.5 Å². The van der Waals surface area contributed by atoms with Crippen molar-refractivity contribution in [2.45, 2.75) is 50.0 Å². The van der Waals surface area contributed by atoms with Crippen LogP contribution in [0.5, 0.6) is 0 Å². The second-order valence-electron chi connectivity index (χ2n) is 6.05. The van der Waals surface area contributed by atoms with E-state index in [1.807, 2.05) is 0 Å². The molecule has 2 heterocycles. The Balaban J connectivity index is 1.77. The first-order valence-electron chi connectivity index (χ1n) is 7.09. The van der Waals surface area contributed by atoms with Gasteiger partial charge in [-0.05, 0) is 45.4 Å². The van der Waals surface area contributed by atoms with Gasteiger partial charge in [0.1, 0.15) is 4.90 Å². The number of H-pyrrole nitrogens is 1. The molecule has 2 fully saturated rings. The van der Waals surface area contributed by atoms with E-state index in [1.165, 1.54) is 4.31 Å². The van der Waals surface area contributed by atoms with E-state index in [1.54, 1.807) is 13.8 Å². The smallest absolute Gasteiger partial charge is 0.246 e. The van der Waals surface area contributed by atoms with Gasteiger partial charge >= 0.3 is 0 Å². The molecule has 0 aromatic carbocycles. The van der Waals surface area contributed by atoms with Gasteiger partial charge in [-0.25, -0.2) is 8.42 Å². The van der Waals surface area contributed by atoms with Crippen LogP contribution in [0.3, 0.4) is 0 Å². The molecule has 0 amide bonds. The number of piperidine rings is 1. The summed E-state index contributed by atoms with van der Waals surface area (Å²) >= 11 is 0. The van der Waals surface area contributed by atoms with E-state index in [0.717, 1.165) is 25.7 Å². The van der Waals surface area contributed by atoms with Gasteiger partial charge in [-0.15, -0.1) is 0 Å². The van der Waals surface area contributed by atoms with Gasteiger partial charge in [-0.3, -0.25) is 5.10 Å². The number of nitrogens with one attached hydrogen (secondary N) is 1. The molecule has 112 valence electrons. The number of hydrogen-bond donors (Lipinski definition) is 2. The van der Waals surface area contributed by atoms with Crippen molar-refractivity contribution in [3.05, 3.63) is 11.4 Å². The van der Waals surface area contributed by atoms with Gasteiger partial charge < -0.3 is 5.11 Å². The van der Waals surface area contributed by atoms with E-state index < -0.39 is 15.6 Å². The molecule has 2 N–H and O–H groups in total. The van der Waals surface area contributed by atoms with Crippen LogP contribution < -0.4 is 0 Å². The van der Waals surface area contributed by atoms with E-state index in [-0.39, 0.29) is 5.92 Å². The highest BCUT2D eigenvalue weighted by Crippen LogP contribution is 2.46. The quantitative estimate of drug-likeness (QED) is 0.870. The molecule has 6 nitrogen and oxygen atoms in total. The molecule has 3 rings (SSSR count). The third kappa shape index (κ3) is 2.17. The van der Waals surface area contributed by atoms with Crippen LogP contribution in [0.2, 0.25) is 0 Å². The predicted molar refractivity (Wildman–Crippen MR) is 73.7 cm³/mol. The Morgan fingerprint density at radius 2 is 1.90 bits per heavy atom. The number of sulfonamides is 1. The molecular weight excluding hydrogens is 278 g/mol. The van der Waals surface area contributed by atoms with Crippen molar-refractivity contribution >= 4 is 10.0 Å². The van der Waals surface area contributed by atoms with Crippen molar-refractivity contribution in [3.63, 3.8) is 0 Å². The SMILES string of the molecule is Cc1n[nH]c(C)c1S(=O)(=O)N1CCC(C2(O)CC2)CC1. The molecule has 7 heteroatoms. The lowest BCUT2D eigenvalue weighted by molar-refractivity contribution is 0.0534. The fourth-order valence-corrected chi connectivity index (χ4v) is 5.02. The van der Waals surface area contributed by atoms with Crippen LogP contribution in [-0.4, -0.2) is 46.7 Å². The van der Waals surface area contributed by atoms with Gasteiger partial charge in [0.05, 0.1) is 17.0 Å². The average Bonchev–Trinajstić information content (AvgIpc) is 3.06. The summed E-state index contributed by atoms with van der Waals surface area (Å²) in [5.74, 6) is 0.250. The van der Waals surface area contributed by atoms with Gasteiger partial charge in [0.15, 0.2) is 0 Å². The lowest BCUT2D eigenvalue weighted by Crippen LogP contribution is -2.42. The minimum Gasteiger partial charge on any atom is -0.390 e. The summed E-state index contributed by atoms with van der Waals surface area (Å²) in [6.45, 7) is 4.40. The van der Waals surface area contributed by atoms with Gasteiger partial charge in [-0.2, -0.15) is 9.40 Å². The van der Waals surface area contributed by atoms with Crippen molar-refractivity contribution in [1.29, 1.82) is 0 Å². The topological polar surface area (TPSA) is 86.3 Å². The fraction of sp³-hybridized carbons (Fsp3) is 0.769. The Labute approximate surface area is 119 Å². The van der Waals surface area contributed by atoms with Crippen LogP contribution in [0.15, 0.2) is 4.90 Å². The summed E-state index contributed by atoms with van der Waals surface area (Å²) in [5.41, 5.74) is 0.605. The normalized spacial score (nSPS) is 23.9. The molecule has 2 aliphatic rings. The van der Waals surface area contributed by atoms with Crippen LogP contribution in [-0.2, 0) is 10.0 Å². The maximum Gasteiger partial charge on any atom is 0.246 e. The predicted octanol–water partition coefficient (Wildman–Crippen LogP) is 0.952. The molecule has 0 radical (unpaired) electrons. The highest BCUT2D eigenvalue weighted by Gasteiger charge is 2.49. The van der Waals surface area contributed by atoms with E-state index in [2.05, 4.69) is 10.2 Å². The van der Waals surface area contributed by atoms with Gasteiger partial charge in [0.2, 0.25) is 10.0 Å². The van der Waals surface area contributed by atoms with Crippen molar-refractivity contribution in [2.75, 3.05) is 13.1 Å². The number of aromatic amines is 1. The van der Waals surface area contributed by atoms with Crippen LogP contribution in [0.25, 0.3) is 0 Å². The molecule has 1 aromatic rings. The van der Waals surface area contributed by atoms with E-state index in [0.29, 0.717) is 29.4 Å². The van der Waals surface area contributed by atoms with Crippen molar-refractivity contribution in [1.82, 2.24) is 14.5 Å². The molecule has 1 aromatic heterocycles. The summed E-state index contributed by atoms with van der Waals surface area (Å²) < 4.78 is 26.9. The Morgan fingerprint density at radius 3 is 2.35 bits per heavy atom. The zero-order valence-corrected chi connectivity index (χ0v) is 12.7. The van der Waals surface area contributed by atoms with E-state index in [9.17, 15) is 13.5 Å². The largest absolute Gasteiger partial charge is 0.390 e. The summed E-state index contributed by atoms with van der Waals surface area (Å²) in [6.07, 6.45) is 3.21. The summed E-state index contributed by atoms with van der Waals surface area (Å²) in [7, 11) is -3.47. The second kappa shape index (κ2) is 4.54. The molecule has 0 unspecified atom stereocenters. The number of nitrogens with zero attached hydrogens (tertiary/aromatic N) is 2. The highest BCUT2D eigenvalue weighted by molar-refractivity contribution is 7.89. The second-order valence-corrected chi connectivity index (χ2v) is 7.92. The molecule has 1 saturated carbocycles. The molecule has 1 aliphatic heterocycles. The number of aromatic nitrogens is 2. The van der Waals surface area contributed by atoms with Gasteiger partial charge in [0, 0.05) is 13.1 Å². The van der Waals surface area contributed by atoms with Crippen molar-refractivity contribution in [2.24, 2.45) is 5.92 Å². The number of aliphatic hydroxyl groups is 1. The van der Waals surface area contributed by atoms with Gasteiger partial charge in [-0.1, -0.05) is 0 Å². The Kier molecular flexibility index (Phi) is 3.19. The number of aryl methyl sites for hydroxylation is 2. The first kappa shape index (κ1) is 14.0. The zero-order chi connectivity index (χ0) is 14.5. The Morgan fingerprint density at radius 1 is 1.30 bits per heavy atom. The van der Waals surface area contributed by atoms with Crippen LogP contribution >= 0.6 is 0 Å². The number of hydrogen-bond acceptors (Lipinski definition) is 4. The van der Waals surface area contributed by atoms with Crippen LogP contribution in [0, 0.1) is 19.8 Å². The molecule has 0 spiro atoms.